The molecular formula is C14H13N3OS. The number of carbonyl (C=O) groups is 1. The molecular weight excluding hydrogens is 258 g/mol. The second-order valence-corrected chi connectivity index (χ2v) is 5.34. The van der Waals surface area contributed by atoms with Gasteiger partial charge in [-0.25, -0.2) is 4.98 Å². The van der Waals surface area contributed by atoms with Crippen molar-refractivity contribution in [1.82, 2.24) is 9.38 Å². The Morgan fingerprint density at radius 1 is 1.37 bits per heavy atom. The first-order valence-corrected chi connectivity index (χ1v) is 6.83. The molecule has 0 radical (unpaired) electrons. The Morgan fingerprint density at radius 3 is 3.00 bits per heavy atom. The van der Waals surface area contributed by atoms with Crippen LogP contribution in [0.5, 0.6) is 0 Å². The minimum Gasteiger partial charge on any atom is -0.353 e. The molecule has 5 heteroatoms. The molecule has 0 spiro atoms. The van der Waals surface area contributed by atoms with E-state index in [-0.39, 0.29) is 0 Å². The van der Waals surface area contributed by atoms with Crippen LogP contribution >= 0.6 is 11.3 Å². The second-order valence-electron chi connectivity index (χ2n) is 4.30. The van der Waals surface area contributed by atoms with Crippen molar-refractivity contribution < 1.29 is 4.79 Å². The van der Waals surface area contributed by atoms with E-state index >= 15 is 0 Å². The van der Waals surface area contributed by atoms with Crippen LogP contribution in [0, 0.1) is 0 Å². The predicted octanol–water partition coefficient (Wildman–Crippen LogP) is 2.84. The SMILES string of the molecule is CN(Cc1cccs1)c1nc2ccccn2c1C=O. The molecule has 4 nitrogen and oxygen atoms in total. The lowest BCUT2D eigenvalue weighted by molar-refractivity contribution is 0.111. The summed E-state index contributed by atoms with van der Waals surface area (Å²) in [5.41, 5.74) is 1.38. The summed E-state index contributed by atoms with van der Waals surface area (Å²) >= 11 is 1.70. The predicted molar refractivity (Wildman–Crippen MR) is 77.0 cm³/mol. The molecule has 0 fully saturated rings. The highest BCUT2D eigenvalue weighted by Gasteiger charge is 2.15. The molecule has 0 amide bonds. The first-order valence-electron chi connectivity index (χ1n) is 5.95. The van der Waals surface area contributed by atoms with E-state index in [1.807, 2.05) is 52.2 Å². The van der Waals surface area contributed by atoms with Gasteiger partial charge in [0, 0.05) is 18.1 Å². The highest BCUT2D eigenvalue weighted by molar-refractivity contribution is 7.09. The standard InChI is InChI=1S/C14H13N3OS/c1-16(9-11-5-4-8-19-11)14-12(10-18)17-7-3-2-6-13(17)15-14/h2-8,10H,9H2,1H3. The zero-order valence-electron chi connectivity index (χ0n) is 10.5. The number of hydrogen-bond acceptors (Lipinski definition) is 4. The van der Waals surface area contributed by atoms with Crippen molar-refractivity contribution in [3.8, 4) is 0 Å². The average molecular weight is 271 g/mol. The van der Waals surface area contributed by atoms with Gasteiger partial charge in [-0.1, -0.05) is 12.1 Å². The summed E-state index contributed by atoms with van der Waals surface area (Å²) in [6, 6.07) is 9.82. The van der Waals surface area contributed by atoms with E-state index in [1.54, 1.807) is 11.3 Å². The fraction of sp³-hybridized carbons (Fsp3) is 0.143. The summed E-state index contributed by atoms with van der Waals surface area (Å²) < 4.78 is 1.81. The number of thiophene rings is 1. The molecule has 0 saturated heterocycles. The van der Waals surface area contributed by atoms with Crippen LogP contribution in [0.25, 0.3) is 5.65 Å². The molecule has 0 N–H and O–H groups in total. The van der Waals surface area contributed by atoms with Crippen molar-refractivity contribution in [3.05, 3.63) is 52.5 Å². The molecule has 3 aromatic rings. The van der Waals surface area contributed by atoms with Crippen LogP contribution in [0.1, 0.15) is 15.4 Å². The summed E-state index contributed by atoms with van der Waals surface area (Å²) in [5, 5.41) is 2.05. The molecule has 96 valence electrons. The van der Waals surface area contributed by atoms with Crippen LogP contribution in [0.2, 0.25) is 0 Å². The van der Waals surface area contributed by atoms with Gasteiger partial charge in [-0.15, -0.1) is 11.3 Å². The van der Waals surface area contributed by atoms with Crippen LogP contribution in [-0.2, 0) is 6.54 Å². The molecule has 0 unspecified atom stereocenters. The Bertz CT molecular complexity index is 703. The third kappa shape index (κ3) is 2.13. The van der Waals surface area contributed by atoms with Crippen molar-refractivity contribution in [2.45, 2.75) is 6.54 Å². The third-order valence-corrected chi connectivity index (χ3v) is 3.85. The summed E-state index contributed by atoms with van der Waals surface area (Å²) in [5.74, 6) is 0.717. The van der Waals surface area contributed by atoms with Crippen molar-refractivity contribution in [2.24, 2.45) is 0 Å². The maximum Gasteiger partial charge on any atom is 0.170 e. The average Bonchev–Trinajstić information content (AvgIpc) is 3.04. The Hall–Kier alpha value is -2.14. The molecule has 0 aliphatic carbocycles. The molecule has 0 atom stereocenters. The smallest absolute Gasteiger partial charge is 0.170 e. The quantitative estimate of drug-likeness (QED) is 0.685. The van der Waals surface area contributed by atoms with Gasteiger partial charge in [0.25, 0.3) is 0 Å². The van der Waals surface area contributed by atoms with Gasteiger partial charge in [0.15, 0.2) is 12.1 Å². The lowest BCUT2D eigenvalue weighted by atomic mass is 10.4. The number of pyridine rings is 1. The number of fused-ring (bicyclic) bond motifs is 1. The minimum absolute atomic E-state index is 0.592. The number of carbonyl (C=O) groups excluding carboxylic acids is 1. The molecule has 0 aromatic carbocycles. The first-order chi connectivity index (χ1) is 9.29. The van der Waals surface area contributed by atoms with Crippen LogP contribution in [0.15, 0.2) is 41.9 Å². The van der Waals surface area contributed by atoms with Gasteiger partial charge in [0.05, 0.1) is 6.54 Å². The molecule has 3 rings (SSSR count). The number of aromatic nitrogens is 2. The van der Waals surface area contributed by atoms with Crippen LogP contribution in [0.4, 0.5) is 5.82 Å². The van der Waals surface area contributed by atoms with E-state index in [0.717, 1.165) is 24.3 Å². The number of anilines is 1. The summed E-state index contributed by atoms with van der Waals surface area (Å²) in [6.07, 6.45) is 2.72. The Labute approximate surface area is 114 Å². The number of rotatable bonds is 4. The zero-order chi connectivity index (χ0) is 13.2. The molecule has 3 aromatic heterocycles. The van der Waals surface area contributed by atoms with E-state index in [0.29, 0.717) is 5.69 Å². The largest absolute Gasteiger partial charge is 0.353 e. The Balaban J connectivity index is 2.01. The van der Waals surface area contributed by atoms with Crippen molar-refractivity contribution in [2.75, 3.05) is 11.9 Å². The molecule has 0 bridgehead atoms. The van der Waals surface area contributed by atoms with Gasteiger partial charge in [0.2, 0.25) is 0 Å². The Morgan fingerprint density at radius 2 is 2.26 bits per heavy atom. The highest BCUT2D eigenvalue weighted by Crippen LogP contribution is 2.22. The molecule has 19 heavy (non-hydrogen) atoms. The van der Waals surface area contributed by atoms with Gasteiger partial charge >= 0.3 is 0 Å². The minimum atomic E-state index is 0.592. The van der Waals surface area contributed by atoms with Gasteiger partial charge in [-0.3, -0.25) is 9.20 Å². The highest BCUT2D eigenvalue weighted by atomic mass is 32.1. The van der Waals surface area contributed by atoms with Crippen molar-refractivity contribution in [1.29, 1.82) is 0 Å². The Kier molecular flexibility index (Phi) is 3.05. The van der Waals surface area contributed by atoms with Gasteiger partial charge in [-0.2, -0.15) is 0 Å². The maximum atomic E-state index is 11.3. The van der Waals surface area contributed by atoms with E-state index in [4.69, 9.17) is 0 Å². The summed E-state index contributed by atoms with van der Waals surface area (Å²) in [6.45, 7) is 0.752. The number of hydrogen-bond donors (Lipinski definition) is 0. The summed E-state index contributed by atoms with van der Waals surface area (Å²) in [7, 11) is 1.95. The number of imidazole rings is 1. The monoisotopic (exact) mass is 271 g/mol. The topological polar surface area (TPSA) is 37.6 Å². The van der Waals surface area contributed by atoms with Gasteiger partial charge < -0.3 is 4.90 Å². The van der Waals surface area contributed by atoms with Gasteiger partial charge in [-0.05, 0) is 23.6 Å². The zero-order valence-corrected chi connectivity index (χ0v) is 11.3. The fourth-order valence-corrected chi connectivity index (χ4v) is 2.86. The van der Waals surface area contributed by atoms with Gasteiger partial charge in [0.1, 0.15) is 11.3 Å². The number of nitrogens with zero attached hydrogens (tertiary/aromatic N) is 3. The maximum absolute atomic E-state index is 11.3. The van der Waals surface area contributed by atoms with Crippen LogP contribution < -0.4 is 4.90 Å². The molecule has 3 heterocycles. The number of aldehydes is 1. The molecule has 0 aliphatic rings. The molecule has 0 aliphatic heterocycles. The van der Waals surface area contributed by atoms with Crippen molar-refractivity contribution >= 4 is 29.1 Å². The first kappa shape index (κ1) is 11.9. The van der Waals surface area contributed by atoms with Crippen molar-refractivity contribution in [3.63, 3.8) is 0 Å². The van der Waals surface area contributed by atoms with E-state index < -0.39 is 0 Å². The lowest BCUT2D eigenvalue weighted by Crippen LogP contribution is -2.17. The van der Waals surface area contributed by atoms with Crippen LogP contribution in [0.3, 0.4) is 0 Å². The second kappa shape index (κ2) is 4.85. The van der Waals surface area contributed by atoms with Crippen LogP contribution in [-0.4, -0.2) is 22.7 Å². The fourth-order valence-electron chi connectivity index (χ4n) is 2.10. The normalized spacial score (nSPS) is 10.8. The molecule has 0 saturated carbocycles. The van der Waals surface area contributed by atoms with E-state index in [9.17, 15) is 4.79 Å². The summed E-state index contributed by atoms with van der Waals surface area (Å²) in [4.78, 5) is 19.1. The van der Waals surface area contributed by atoms with E-state index in [2.05, 4.69) is 11.1 Å². The third-order valence-electron chi connectivity index (χ3n) is 2.99. The van der Waals surface area contributed by atoms with E-state index in [1.165, 1.54) is 4.88 Å². The lowest BCUT2D eigenvalue weighted by Gasteiger charge is -2.15.